The molecule has 184 valence electrons. The van der Waals surface area contributed by atoms with Crippen molar-refractivity contribution in [3.05, 3.63) is 30.0 Å². The van der Waals surface area contributed by atoms with Gasteiger partial charge in [0, 0.05) is 51.1 Å². The predicted molar refractivity (Wildman–Crippen MR) is 138 cm³/mol. The van der Waals surface area contributed by atoms with E-state index < -0.39 is 6.04 Å². The Bertz CT molecular complexity index is 961. The fourth-order valence-electron chi connectivity index (χ4n) is 4.21. The van der Waals surface area contributed by atoms with Gasteiger partial charge in [0.2, 0.25) is 5.91 Å². The van der Waals surface area contributed by atoms with Crippen LogP contribution in [0.4, 0.5) is 10.7 Å². The SMILES string of the molecule is COCCN1CCN(c2ccc(-c3c(C)nsc3N[C@@H](CC(C)C)C(=O)NCC#N)cc2)CC1. The lowest BCUT2D eigenvalue weighted by molar-refractivity contribution is -0.121. The van der Waals surface area contributed by atoms with Crippen LogP contribution in [0.2, 0.25) is 0 Å². The summed E-state index contributed by atoms with van der Waals surface area (Å²) in [6.45, 7) is 12.0. The van der Waals surface area contributed by atoms with E-state index in [1.54, 1.807) is 7.11 Å². The van der Waals surface area contributed by atoms with Crippen LogP contribution in [0.25, 0.3) is 11.1 Å². The number of hydrogen-bond acceptors (Lipinski definition) is 8. The molecule has 1 aromatic heterocycles. The molecule has 0 radical (unpaired) electrons. The quantitative estimate of drug-likeness (QED) is 0.473. The Kier molecular flexibility index (Phi) is 9.69. The Hall–Kier alpha value is -2.67. The summed E-state index contributed by atoms with van der Waals surface area (Å²) in [6, 6.07) is 10.2. The molecule has 9 heteroatoms. The highest BCUT2D eigenvalue weighted by molar-refractivity contribution is 7.11. The molecule has 1 saturated heterocycles. The number of nitrogens with zero attached hydrogens (tertiary/aromatic N) is 4. The highest BCUT2D eigenvalue weighted by atomic mass is 32.1. The van der Waals surface area contributed by atoms with Gasteiger partial charge >= 0.3 is 0 Å². The van der Waals surface area contributed by atoms with Gasteiger partial charge in [-0.25, -0.2) is 0 Å². The number of piperazine rings is 1. The molecule has 1 amide bonds. The van der Waals surface area contributed by atoms with E-state index >= 15 is 0 Å². The molecule has 34 heavy (non-hydrogen) atoms. The number of nitriles is 1. The van der Waals surface area contributed by atoms with E-state index in [0.717, 1.165) is 61.2 Å². The second-order valence-corrected chi connectivity index (χ2v) is 9.82. The van der Waals surface area contributed by atoms with Gasteiger partial charge in [0.25, 0.3) is 0 Å². The summed E-state index contributed by atoms with van der Waals surface area (Å²) in [7, 11) is 1.75. The number of methoxy groups -OCH3 is 1. The Morgan fingerprint density at radius 2 is 1.94 bits per heavy atom. The maximum atomic E-state index is 12.6. The van der Waals surface area contributed by atoms with Crippen molar-refractivity contribution in [3.8, 4) is 17.2 Å². The minimum absolute atomic E-state index is 0.00574. The van der Waals surface area contributed by atoms with Gasteiger partial charge in [0.15, 0.2) is 0 Å². The molecule has 1 fully saturated rings. The second kappa shape index (κ2) is 12.7. The molecule has 2 N–H and O–H groups in total. The van der Waals surface area contributed by atoms with Crippen LogP contribution in [-0.4, -0.2) is 74.2 Å². The number of hydrogen-bond donors (Lipinski definition) is 2. The number of carbonyl (C=O) groups excluding carboxylic acids is 1. The third-order valence-corrected chi connectivity index (χ3v) is 6.91. The van der Waals surface area contributed by atoms with Crippen LogP contribution in [-0.2, 0) is 9.53 Å². The van der Waals surface area contributed by atoms with Crippen molar-refractivity contribution in [2.75, 3.05) is 63.2 Å². The van der Waals surface area contributed by atoms with Gasteiger partial charge in [-0.3, -0.25) is 9.69 Å². The second-order valence-electron chi connectivity index (χ2n) is 9.04. The van der Waals surface area contributed by atoms with Crippen molar-refractivity contribution < 1.29 is 9.53 Å². The van der Waals surface area contributed by atoms with Crippen molar-refractivity contribution in [3.63, 3.8) is 0 Å². The molecule has 0 bridgehead atoms. The third-order valence-electron chi connectivity index (χ3n) is 6.04. The molecule has 3 rings (SSSR count). The van der Waals surface area contributed by atoms with Crippen LogP contribution in [0.3, 0.4) is 0 Å². The van der Waals surface area contributed by atoms with Gasteiger partial charge in [0.05, 0.1) is 18.4 Å². The normalized spacial score (nSPS) is 15.2. The van der Waals surface area contributed by atoms with E-state index in [2.05, 4.69) is 62.9 Å². The van der Waals surface area contributed by atoms with E-state index in [1.807, 2.05) is 13.0 Å². The lowest BCUT2D eigenvalue weighted by Gasteiger charge is -2.36. The van der Waals surface area contributed by atoms with Crippen LogP contribution in [0.5, 0.6) is 0 Å². The molecule has 0 saturated carbocycles. The maximum Gasteiger partial charge on any atom is 0.243 e. The molecule has 2 heterocycles. The van der Waals surface area contributed by atoms with Gasteiger partial charge in [-0.05, 0) is 48.5 Å². The number of rotatable bonds is 11. The van der Waals surface area contributed by atoms with E-state index in [9.17, 15) is 4.79 Å². The largest absolute Gasteiger partial charge is 0.383 e. The Labute approximate surface area is 207 Å². The van der Waals surface area contributed by atoms with Crippen molar-refractivity contribution in [2.24, 2.45) is 5.92 Å². The van der Waals surface area contributed by atoms with E-state index in [0.29, 0.717) is 12.3 Å². The zero-order valence-electron chi connectivity index (χ0n) is 20.6. The Balaban J connectivity index is 1.71. The van der Waals surface area contributed by atoms with E-state index in [1.165, 1.54) is 17.2 Å². The first-order valence-electron chi connectivity index (χ1n) is 11.9. The number of benzene rings is 1. The molecule has 0 unspecified atom stereocenters. The summed E-state index contributed by atoms with van der Waals surface area (Å²) in [5.74, 6) is 0.171. The molecular weight excluding hydrogens is 448 g/mol. The van der Waals surface area contributed by atoms with Crippen LogP contribution >= 0.6 is 11.5 Å². The maximum absolute atomic E-state index is 12.6. The van der Waals surface area contributed by atoms with Crippen LogP contribution in [0, 0.1) is 24.2 Å². The predicted octanol–water partition coefficient (Wildman–Crippen LogP) is 3.35. The first-order chi connectivity index (χ1) is 16.4. The van der Waals surface area contributed by atoms with Crippen LogP contribution in [0.1, 0.15) is 26.0 Å². The smallest absolute Gasteiger partial charge is 0.243 e. The van der Waals surface area contributed by atoms with Gasteiger partial charge in [0.1, 0.15) is 17.6 Å². The molecule has 0 spiro atoms. The molecule has 1 atom stereocenters. The minimum atomic E-state index is -0.416. The summed E-state index contributed by atoms with van der Waals surface area (Å²) in [5, 5.41) is 15.8. The molecule has 1 aliphatic rings. The van der Waals surface area contributed by atoms with E-state index in [4.69, 9.17) is 10.00 Å². The molecule has 1 aromatic carbocycles. The monoisotopic (exact) mass is 484 g/mol. The molecule has 1 aliphatic heterocycles. The average Bonchev–Trinajstić information content (AvgIpc) is 3.20. The summed E-state index contributed by atoms with van der Waals surface area (Å²) in [4.78, 5) is 17.5. The zero-order valence-corrected chi connectivity index (χ0v) is 21.5. The molecular formula is C25H36N6O2S. The Morgan fingerprint density at radius 1 is 1.24 bits per heavy atom. The summed E-state index contributed by atoms with van der Waals surface area (Å²) < 4.78 is 9.76. The van der Waals surface area contributed by atoms with Crippen LogP contribution in [0.15, 0.2) is 24.3 Å². The highest BCUT2D eigenvalue weighted by Crippen LogP contribution is 2.36. The standard InChI is InChI=1S/C25H36N6O2S/c1-18(2)17-22(24(32)27-10-9-26)28-25-23(19(3)29-34-25)20-5-7-21(8-6-20)31-13-11-30(12-14-31)15-16-33-4/h5-8,18,22,28H,10-17H2,1-4H3,(H,27,32)/t22-/m0/s1. The number of carbonyl (C=O) groups is 1. The topological polar surface area (TPSA) is 93.5 Å². The fourth-order valence-corrected chi connectivity index (χ4v) is 5.08. The number of nitrogens with one attached hydrogen (secondary N) is 2. The van der Waals surface area contributed by atoms with Crippen molar-refractivity contribution in [1.82, 2.24) is 14.6 Å². The molecule has 0 aliphatic carbocycles. The number of aryl methyl sites for hydroxylation is 1. The molecule has 8 nitrogen and oxygen atoms in total. The Morgan fingerprint density at radius 3 is 2.56 bits per heavy atom. The summed E-state index contributed by atoms with van der Waals surface area (Å²) in [6.07, 6.45) is 0.670. The lowest BCUT2D eigenvalue weighted by atomic mass is 10.0. The number of amides is 1. The first kappa shape index (κ1) is 25.9. The molecule has 2 aromatic rings. The summed E-state index contributed by atoms with van der Waals surface area (Å²) in [5.41, 5.74) is 4.27. The first-order valence-corrected chi connectivity index (χ1v) is 12.6. The van der Waals surface area contributed by atoms with Crippen molar-refractivity contribution >= 4 is 28.1 Å². The van der Waals surface area contributed by atoms with Gasteiger partial charge in [-0.15, -0.1) is 0 Å². The number of anilines is 2. The number of aromatic nitrogens is 1. The van der Waals surface area contributed by atoms with Crippen molar-refractivity contribution in [1.29, 1.82) is 5.26 Å². The minimum Gasteiger partial charge on any atom is -0.383 e. The van der Waals surface area contributed by atoms with Crippen LogP contribution < -0.4 is 15.5 Å². The van der Waals surface area contributed by atoms with Gasteiger partial charge in [-0.2, -0.15) is 9.64 Å². The van der Waals surface area contributed by atoms with Gasteiger partial charge < -0.3 is 20.3 Å². The highest BCUT2D eigenvalue weighted by Gasteiger charge is 2.23. The van der Waals surface area contributed by atoms with E-state index in [-0.39, 0.29) is 12.5 Å². The van der Waals surface area contributed by atoms with Gasteiger partial charge in [-0.1, -0.05) is 26.0 Å². The zero-order chi connectivity index (χ0) is 24.5. The summed E-state index contributed by atoms with van der Waals surface area (Å²) >= 11 is 1.37. The average molecular weight is 485 g/mol. The number of ether oxygens (including phenoxy) is 1. The van der Waals surface area contributed by atoms with Crippen molar-refractivity contribution in [2.45, 2.75) is 33.2 Å². The fraction of sp³-hybridized carbons (Fsp3) is 0.560. The lowest BCUT2D eigenvalue weighted by Crippen LogP contribution is -2.47. The third kappa shape index (κ3) is 6.92.